The van der Waals surface area contributed by atoms with Gasteiger partial charge in [-0.2, -0.15) is 0 Å². The molecule has 6 nitrogen and oxygen atoms in total. The molecule has 0 saturated carbocycles. The van der Waals surface area contributed by atoms with Crippen LogP contribution in [0.15, 0.2) is 48.5 Å². The fourth-order valence-corrected chi connectivity index (χ4v) is 2.13. The van der Waals surface area contributed by atoms with E-state index in [9.17, 15) is 4.79 Å². The highest BCUT2D eigenvalue weighted by Crippen LogP contribution is 2.25. The van der Waals surface area contributed by atoms with Crippen molar-refractivity contribution in [3.63, 3.8) is 0 Å². The minimum absolute atomic E-state index is 0.116. The van der Waals surface area contributed by atoms with Crippen molar-refractivity contribution in [1.29, 1.82) is 0 Å². The fourth-order valence-electron chi connectivity index (χ4n) is 2.13. The summed E-state index contributed by atoms with van der Waals surface area (Å²) in [5, 5.41) is 5.50. The first-order chi connectivity index (χ1) is 12.1. The largest absolute Gasteiger partial charge is 0.493 e. The lowest BCUT2D eigenvalue weighted by atomic mass is 10.3. The Morgan fingerprint density at radius 1 is 1.04 bits per heavy atom. The van der Waals surface area contributed by atoms with E-state index in [1.165, 1.54) is 0 Å². The summed E-state index contributed by atoms with van der Waals surface area (Å²) in [5.74, 6) is 2.08. The van der Waals surface area contributed by atoms with Crippen LogP contribution in [0.4, 0.5) is 10.5 Å². The van der Waals surface area contributed by atoms with E-state index in [2.05, 4.69) is 10.6 Å². The molecule has 0 aliphatic heterocycles. The maximum atomic E-state index is 11.9. The SMILES string of the molecule is COc1ccccc1OCCNC(=O)Nc1ccc(OC(C)C)cc1. The highest BCUT2D eigenvalue weighted by atomic mass is 16.5. The van der Waals surface area contributed by atoms with Gasteiger partial charge in [0, 0.05) is 5.69 Å². The molecule has 0 fully saturated rings. The number of hydrogen-bond acceptors (Lipinski definition) is 4. The third kappa shape index (κ3) is 6.25. The Morgan fingerprint density at radius 2 is 1.72 bits per heavy atom. The van der Waals surface area contributed by atoms with E-state index < -0.39 is 0 Å². The van der Waals surface area contributed by atoms with Crippen LogP contribution < -0.4 is 24.8 Å². The molecule has 2 amide bonds. The van der Waals surface area contributed by atoms with E-state index in [0.29, 0.717) is 30.3 Å². The van der Waals surface area contributed by atoms with Gasteiger partial charge < -0.3 is 24.8 Å². The molecule has 2 rings (SSSR count). The lowest BCUT2D eigenvalue weighted by molar-refractivity contribution is 0.242. The summed E-state index contributed by atoms with van der Waals surface area (Å²) in [5.41, 5.74) is 0.694. The fraction of sp³-hybridized carbons (Fsp3) is 0.316. The van der Waals surface area contributed by atoms with Crippen LogP contribution in [0.1, 0.15) is 13.8 Å². The molecule has 0 unspecified atom stereocenters. The molecule has 0 aromatic heterocycles. The molecule has 2 aromatic rings. The van der Waals surface area contributed by atoms with Gasteiger partial charge in [0.15, 0.2) is 11.5 Å². The summed E-state index contributed by atoms with van der Waals surface area (Å²) in [6, 6.07) is 14.3. The second kappa shape index (κ2) is 9.42. The standard InChI is InChI=1S/C19H24N2O4/c1-14(2)25-16-10-8-15(9-11-16)21-19(22)20-12-13-24-18-7-5-4-6-17(18)23-3/h4-11,14H,12-13H2,1-3H3,(H2,20,21,22). The number of rotatable bonds is 8. The minimum atomic E-state index is -0.291. The van der Waals surface area contributed by atoms with Crippen molar-refractivity contribution in [3.8, 4) is 17.2 Å². The van der Waals surface area contributed by atoms with Crippen molar-refractivity contribution in [2.45, 2.75) is 20.0 Å². The lowest BCUT2D eigenvalue weighted by Crippen LogP contribution is -2.32. The Balaban J connectivity index is 1.72. The zero-order valence-electron chi connectivity index (χ0n) is 14.7. The first kappa shape index (κ1) is 18.4. The summed E-state index contributed by atoms with van der Waals surface area (Å²) in [4.78, 5) is 11.9. The number of ether oxygens (including phenoxy) is 3. The van der Waals surface area contributed by atoms with Crippen LogP contribution >= 0.6 is 0 Å². The Hall–Kier alpha value is -2.89. The molecule has 2 N–H and O–H groups in total. The van der Waals surface area contributed by atoms with Crippen LogP contribution in [0, 0.1) is 0 Å². The number of amides is 2. The van der Waals surface area contributed by atoms with Gasteiger partial charge >= 0.3 is 6.03 Å². The van der Waals surface area contributed by atoms with E-state index in [1.54, 1.807) is 19.2 Å². The van der Waals surface area contributed by atoms with Crippen molar-refractivity contribution in [2.24, 2.45) is 0 Å². The van der Waals surface area contributed by atoms with Crippen LogP contribution in [-0.4, -0.2) is 32.4 Å². The van der Waals surface area contributed by atoms with Gasteiger partial charge in [-0.25, -0.2) is 4.79 Å². The summed E-state index contributed by atoms with van der Waals surface area (Å²) >= 11 is 0. The molecule has 0 saturated heterocycles. The third-order valence-electron chi connectivity index (χ3n) is 3.20. The Labute approximate surface area is 148 Å². The maximum absolute atomic E-state index is 11.9. The number of urea groups is 1. The topological polar surface area (TPSA) is 68.8 Å². The smallest absolute Gasteiger partial charge is 0.319 e. The molecule has 0 aliphatic carbocycles. The summed E-state index contributed by atoms with van der Waals surface area (Å²) in [6.07, 6.45) is 0.116. The van der Waals surface area contributed by atoms with Crippen LogP contribution in [-0.2, 0) is 0 Å². The normalized spacial score (nSPS) is 10.2. The number of nitrogens with one attached hydrogen (secondary N) is 2. The van der Waals surface area contributed by atoms with Gasteiger partial charge in [0.2, 0.25) is 0 Å². The highest BCUT2D eigenvalue weighted by molar-refractivity contribution is 5.89. The average Bonchev–Trinajstić information content (AvgIpc) is 2.60. The molecule has 0 aliphatic rings. The van der Waals surface area contributed by atoms with Crippen LogP contribution in [0.5, 0.6) is 17.2 Å². The predicted octanol–water partition coefficient (Wildman–Crippen LogP) is 3.68. The second-order valence-corrected chi connectivity index (χ2v) is 5.57. The molecular formula is C19H24N2O4. The van der Waals surface area contributed by atoms with Gasteiger partial charge in [-0.15, -0.1) is 0 Å². The number of anilines is 1. The number of hydrogen-bond donors (Lipinski definition) is 2. The molecule has 0 heterocycles. The molecule has 0 bridgehead atoms. The number of carbonyl (C=O) groups excluding carboxylic acids is 1. The van der Waals surface area contributed by atoms with Crippen molar-refractivity contribution in [3.05, 3.63) is 48.5 Å². The van der Waals surface area contributed by atoms with Crippen molar-refractivity contribution >= 4 is 11.7 Å². The van der Waals surface area contributed by atoms with Gasteiger partial charge in [-0.1, -0.05) is 12.1 Å². The van der Waals surface area contributed by atoms with Gasteiger partial charge in [0.1, 0.15) is 12.4 Å². The predicted molar refractivity (Wildman–Crippen MR) is 97.7 cm³/mol. The molecule has 134 valence electrons. The van der Waals surface area contributed by atoms with E-state index in [0.717, 1.165) is 5.75 Å². The zero-order valence-corrected chi connectivity index (χ0v) is 14.7. The molecule has 0 atom stereocenters. The number of carbonyl (C=O) groups is 1. The minimum Gasteiger partial charge on any atom is -0.493 e. The van der Waals surface area contributed by atoms with Gasteiger partial charge in [0.05, 0.1) is 19.8 Å². The Bertz CT molecular complexity index is 671. The van der Waals surface area contributed by atoms with Gasteiger partial charge in [-0.3, -0.25) is 0 Å². The molecule has 0 spiro atoms. The zero-order chi connectivity index (χ0) is 18.1. The monoisotopic (exact) mass is 344 g/mol. The van der Waals surface area contributed by atoms with E-state index in [-0.39, 0.29) is 12.1 Å². The molecule has 25 heavy (non-hydrogen) atoms. The summed E-state index contributed by atoms with van der Waals surface area (Å²) in [6.45, 7) is 4.65. The van der Waals surface area contributed by atoms with Crippen molar-refractivity contribution in [1.82, 2.24) is 5.32 Å². The van der Waals surface area contributed by atoms with Crippen molar-refractivity contribution in [2.75, 3.05) is 25.6 Å². The van der Waals surface area contributed by atoms with E-state index in [1.807, 2.05) is 50.2 Å². The lowest BCUT2D eigenvalue weighted by Gasteiger charge is -2.12. The van der Waals surface area contributed by atoms with Gasteiger partial charge in [0.25, 0.3) is 0 Å². The number of benzene rings is 2. The van der Waals surface area contributed by atoms with E-state index in [4.69, 9.17) is 14.2 Å². The quantitative estimate of drug-likeness (QED) is 0.717. The van der Waals surface area contributed by atoms with Crippen LogP contribution in [0.25, 0.3) is 0 Å². The van der Waals surface area contributed by atoms with Gasteiger partial charge in [-0.05, 0) is 50.2 Å². The van der Waals surface area contributed by atoms with Crippen LogP contribution in [0.3, 0.4) is 0 Å². The first-order valence-corrected chi connectivity index (χ1v) is 8.16. The van der Waals surface area contributed by atoms with E-state index >= 15 is 0 Å². The van der Waals surface area contributed by atoms with Crippen LogP contribution in [0.2, 0.25) is 0 Å². The highest BCUT2D eigenvalue weighted by Gasteiger charge is 2.04. The van der Waals surface area contributed by atoms with Crippen molar-refractivity contribution < 1.29 is 19.0 Å². The summed E-state index contributed by atoms with van der Waals surface area (Å²) < 4.78 is 16.4. The Morgan fingerprint density at radius 3 is 2.36 bits per heavy atom. The molecule has 2 aromatic carbocycles. The Kier molecular flexibility index (Phi) is 6.95. The third-order valence-corrected chi connectivity index (χ3v) is 3.20. The molecule has 0 radical (unpaired) electrons. The molecular weight excluding hydrogens is 320 g/mol. The second-order valence-electron chi connectivity index (χ2n) is 5.57. The summed E-state index contributed by atoms with van der Waals surface area (Å²) in [7, 11) is 1.59. The first-order valence-electron chi connectivity index (χ1n) is 8.16. The maximum Gasteiger partial charge on any atom is 0.319 e. The number of para-hydroxylation sites is 2. The number of methoxy groups -OCH3 is 1. The molecule has 6 heteroatoms. The average molecular weight is 344 g/mol.